The fourth-order valence-electron chi connectivity index (χ4n) is 2.46. The summed E-state index contributed by atoms with van der Waals surface area (Å²) >= 11 is 0. The van der Waals surface area contributed by atoms with Crippen LogP contribution in [0.15, 0.2) is 12.3 Å². The first kappa shape index (κ1) is 13.1. The number of carbonyl (C=O) groups is 1. The van der Waals surface area contributed by atoms with E-state index < -0.39 is 0 Å². The molecule has 0 amide bonds. The molecule has 0 spiro atoms. The number of H-pyrrole nitrogens is 1. The van der Waals surface area contributed by atoms with Gasteiger partial charge in [-0.25, -0.2) is 4.79 Å². The maximum Gasteiger partial charge on any atom is 0.354 e. The molecule has 0 bridgehead atoms. The lowest BCUT2D eigenvalue weighted by molar-refractivity contribution is 0.0594. The summed E-state index contributed by atoms with van der Waals surface area (Å²) in [7, 11) is 1.37. The van der Waals surface area contributed by atoms with Crippen LogP contribution in [0.3, 0.4) is 0 Å². The van der Waals surface area contributed by atoms with Gasteiger partial charge < -0.3 is 14.8 Å². The van der Waals surface area contributed by atoms with Crippen LogP contribution in [0.4, 0.5) is 0 Å². The van der Waals surface area contributed by atoms with Gasteiger partial charge in [-0.1, -0.05) is 0 Å². The first-order valence-corrected chi connectivity index (χ1v) is 6.31. The number of hydrogen-bond donors (Lipinski definition) is 2. The summed E-state index contributed by atoms with van der Waals surface area (Å²) in [5.41, 5.74) is 1.57. The molecule has 0 saturated carbocycles. The molecule has 1 saturated heterocycles. The molecule has 1 unspecified atom stereocenters. The van der Waals surface area contributed by atoms with Gasteiger partial charge in [-0.3, -0.25) is 4.90 Å². The number of likely N-dealkylation sites (tertiary alicyclic amines) is 1. The van der Waals surface area contributed by atoms with Crippen molar-refractivity contribution in [2.24, 2.45) is 5.92 Å². The van der Waals surface area contributed by atoms with Crippen LogP contribution in [0, 0.1) is 5.92 Å². The Hall–Kier alpha value is -1.33. The van der Waals surface area contributed by atoms with Crippen molar-refractivity contribution < 1.29 is 14.6 Å². The highest BCUT2D eigenvalue weighted by molar-refractivity contribution is 5.87. The normalized spacial score (nSPS) is 20.9. The molecule has 1 aromatic rings. The number of ether oxygens (including phenoxy) is 1. The van der Waals surface area contributed by atoms with E-state index in [4.69, 9.17) is 0 Å². The summed E-state index contributed by atoms with van der Waals surface area (Å²) in [4.78, 5) is 16.6. The quantitative estimate of drug-likeness (QED) is 0.785. The molecule has 5 nitrogen and oxygen atoms in total. The van der Waals surface area contributed by atoms with Crippen LogP contribution in [-0.2, 0) is 11.3 Å². The molecule has 1 fully saturated rings. The maximum atomic E-state index is 11.3. The van der Waals surface area contributed by atoms with E-state index in [1.807, 2.05) is 12.3 Å². The highest BCUT2D eigenvalue weighted by Crippen LogP contribution is 2.18. The monoisotopic (exact) mass is 252 g/mol. The smallest absolute Gasteiger partial charge is 0.354 e. The molecule has 18 heavy (non-hydrogen) atoms. The highest BCUT2D eigenvalue weighted by atomic mass is 16.5. The standard InChI is InChI=1S/C13H20N2O3/c1-18-13(17)12-5-11(6-14-12)8-15-4-2-3-10(7-15)9-16/h5-6,10,14,16H,2-4,7-9H2,1H3. The Bertz CT molecular complexity index is 403. The molecule has 1 atom stereocenters. The van der Waals surface area contributed by atoms with Gasteiger partial charge in [0.1, 0.15) is 5.69 Å². The first-order chi connectivity index (χ1) is 8.72. The third-order valence-electron chi connectivity index (χ3n) is 3.42. The van der Waals surface area contributed by atoms with E-state index in [9.17, 15) is 9.90 Å². The number of carbonyl (C=O) groups excluding carboxylic acids is 1. The summed E-state index contributed by atoms with van der Waals surface area (Å²) in [6, 6.07) is 1.83. The summed E-state index contributed by atoms with van der Waals surface area (Å²) in [5, 5.41) is 9.19. The zero-order valence-electron chi connectivity index (χ0n) is 10.7. The van der Waals surface area contributed by atoms with Crippen LogP contribution in [0.25, 0.3) is 0 Å². The number of nitrogens with zero attached hydrogens (tertiary/aromatic N) is 1. The molecule has 1 aliphatic rings. The third kappa shape index (κ3) is 3.11. The van der Waals surface area contributed by atoms with E-state index in [1.54, 1.807) is 0 Å². The molecule has 2 heterocycles. The number of esters is 1. The highest BCUT2D eigenvalue weighted by Gasteiger charge is 2.19. The minimum Gasteiger partial charge on any atom is -0.464 e. The van der Waals surface area contributed by atoms with Crippen LogP contribution >= 0.6 is 0 Å². The van der Waals surface area contributed by atoms with E-state index in [0.717, 1.165) is 38.0 Å². The molecule has 0 aliphatic carbocycles. The van der Waals surface area contributed by atoms with Gasteiger partial charge in [0.15, 0.2) is 0 Å². The molecule has 1 aromatic heterocycles. The second-order valence-corrected chi connectivity index (χ2v) is 4.84. The van der Waals surface area contributed by atoms with Crippen LogP contribution in [0.5, 0.6) is 0 Å². The number of methoxy groups -OCH3 is 1. The lowest BCUT2D eigenvalue weighted by Crippen LogP contribution is -2.36. The number of hydrogen-bond acceptors (Lipinski definition) is 4. The van der Waals surface area contributed by atoms with Crippen molar-refractivity contribution in [2.45, 2.75) is 19.4 Å². The van der Waals surface area contributed by atoms with E-state index in [2.05, 4.69) is 14.6 Å². The minimum atomic E-state index is -0.340. The molecule has 5 heteroatoms. The summed E-state index contributed by atoms with van der Waals surface area (Å²) in [6.07, 6.45) is 4.07. The summed E-state index contributed by atoms with van der Waals surface area (Å²) in [6.45, 7) is 3.05. The number of aromatic nitrogens is 1. The SMILES string of the molecule is COC(=O)c1cc(CN2CCCC(CO)C2)c[nH]1. The van der Waals surface area contributed by atoms with Gasteiger partial charge in [0, 0.05) is 25.9 Å². The van der Waals surface area contributed by atoms with Crippen LogP contribution in [0.1, 0.15) is 28.9 Å². The van der Waals surface area contributed by atoms with E-state index in [0.29, 0.717) is 11.6 Å². The molecular formula is C13H20N2O3. The minimum absolute atomic E-state index is 0.261. The van der Waals surface area contributed by atoms with Crippen molar-refractivity contribution in [1.82, 2.24) is 9.88 Å². The number of aliphatic hydroxyl groups excluding tert-OH is 1. The average molecular weight is 252 g/mol. The summed E-state index contributed by atoms with van der Waals surface area (Å²) in [5.74, 6) is 0.0471. The third-order valence-corrected chi connectivity index (χ3v) is 3.42. The lowest BCUT2D eigenvalue weighted by atomic mass is 9.99. The zero-order valence-corrected chi connectivity index (χ0v) is 10.7. The lowest BCUT2D eigenvalue weighted by Gasteiger charge is -2.31. The molecular weight excluding hydrogens is 232 g/mol. The van der Waals surface area contributed by atoms with Crippen molar-refractivity contribution in [2.75, 3.05) is 26.8 Å². The predicted molar refractivity (Wildman–Crippen MR) is 67.2 cm³/mol. The van der Waals surface area contributed by atoms with Gasteiger partial charge in [-0.2, -0.15) is 0 Å². The van der Waals surface area contributed by atoms with E-state index >= 15 is 0 Å². The second-order valence-electron chi connectivity index (χ2n) is 4.84. The van der Waals surface area contributed by atoms with E-state index in [-0.39, 0.29) is 12.6 Å². The van der Waals surface area contributed by atoms with Gasteiger partial charge in [-0.05, 0) is 36.9 Å². The largest absolute Gasteiger partial charge is 0.464 e. The van der Waals surface area contributed by atoms with E-state index in [1.165, 1.54) is 7.11 Å². The van der Waals surface area contributed by atoms with Crippen molar-refractivity contribution in [3.05, 3.63) is 23.5 Å². The second kappa shape index (κ2) is 6.02. The molecule has 2 rings (SSSR count). The van der Waals surface area contributed by atoms with Crippen LogP contribution < -0.4 is 0 Å². The Balaban J connectivity index is 1.92. The van der Waals surface area contributed by atoms with Gasteiger partial charge >= 0.3 is 5.97 Å². The van der Waals surface area contributed by atoms with Crippen molar-refractivity contribution >= 4 is 5.97 Å². The van der Waals surface area contributed by atoms with Gasteiger partial charge in [0.25, 0.3) is 0 Å². The molecule has 100 valence electrons. The fraction of sp³-hybridized carbons (Fsp3) is 0.615. The maximum absolute atomic E-state index is 11.3. The molecule has 1 aliphatic heterocycles. The van der Waals surface area contributed by atoms with Crippen molar-refractivity contribution in [3.63, 3.8) is 0 Å². The van der Waals surface area contributed by atoms with Crippen molar-refractivity contribution in [1.29, 1.82) is 0 Å². The number of piperidine rings is 1. The van der Waals surface area contributed by atoms with Gasteiger partial charge in [-0.15, -0.1) is 0 Å². The Morgan fingerprint density at radius 1 is 1.67 bits per heavy atom. The topological polar surface area (TPSA) is 65.6 Å². The van der Waals surface area contributed by atoms with Crippen molar-refractivity contribution in [3.8, 4) is 0 Å². The number of aliphatic hydroxyl groups is 1. The summed E-state index contributed by atoms with van der Waals surface area (Å²) < 4.78 is 4.66. The first-order valence-electron chi connectivity index (χ1n) is 6.31. The Morgan fingerprint density at radius 2 is 2.50 bits per heavy atom. The fourth-order valence-corrected chi connectivity index (χ4v) is 2.46. The van der Waals surface area contributed by atoms with Crippen LogP contribution in [0.2, 0.25) is 0 Å². The zero-order chi connectivity index (χ0) is 13.0. The molecule has 2 N–H and O–H groups in total. The van der Waals surface area contributed by atoms with Crippen LogP contribution in [-0.4, -0.2) is 47.8 Å². The number of aromatic amines is 1. The Morgan fingerprint density at radius 3 is 3.22 bits per heavy atom. The Labute approximate surface area is 107 Å². The average Bonchev–Trinajstić information content (AvgIpc) is 2.86. The predicted octanol–water partition coefficient (Wildman–Crippen LogP) is 1.01. The Kier molecular flexibility index (Phi) is 4.38. The number of nitrogens with one attached hydrogen (secondary N) is 1. The molecule has 0 aromatic carbocycles. The number of rotatable bonds is 4. The molecule has 0 radical (unpaired) electrons. The van der Waals surface area contributed by atoms with Gasteiger partial charge in [0.05, 0.1) is 7.11 Å². The van der Waals surface area contributed by atoms with Gasteiger partial charge in [0.2, 0.25) is 0 Å².